The molecule has 1 aromatic heterocycles. The van der Waals surface area contributed by atoms with Gasteiger partial charge < -0.3 is 9.52 Å². The first-order chi connectivity index (χ1) is 7.49. The quantitative estimate of drug-likeness (QED) is 0.922. The molecule has 0 aliphatic carbocycles. The van der Waals surface area contributed by atoms with Gasteiger partial charge in [-0.2, -0.15) is 0 Å². The summed E-state index contributed by atoms with van der Waals surface area (Å²) >= 11 is 3.10. The Bertz CT molecular complexity index is 574. The van der Waals surface area contributed by atoms with E-state index < -0.39 is 11.8 Å². The number of fused-ring (bicyclic) bond motifs is 1. The van der Waals surface area contributed by atoms with Crippen LogP contribution in [0.15, 0.2) is 21.2 Å². The Morgan fingerprint density at radius 2 is 2.25 bits per heavy atom. The van der Waals surface area contributed by atoms with E-state index in [1.807, 2.05) is 0 Å². The molecule has 5 heteroatoms. The number of aliphatic carboxylic acids is 1. The summed E-state index contributed by atoms with van der Waals surface area (Å²) in [5.74, 6) is -1.48. The van der Waals surface area contributed by atoms with Crippen LogP contribution in [-0.2, 0) is 11.2 Å². The van der Waals surface area contributed by atoms with Crippen molar-refractivity contribution in [3.05, 3.63) is 33.7 Å². The van der Waals surface area contributed by atoms with E-state index in [1.165, 1.54) is 6.07 Å². The normalized spacial score (nSPS) is 10.9. The summed E-state index contributed by atoms with van der Waals surface area (Å²) in [5, 5.41) is 8.97. The largest absolute Gasteiger partial charge is 0.481 e. The number of halogens is 2. The minimum absolute atomic E-state index is 0.236. The molecule has 1 N–H and O–H groups in total. The topological polar surface area (TPSA) is 50.4 Å². The van der Waals surface area contributed by atoms with Gasteiger partial charge >= 0.3 is 5.97 Å². The van der Waals surface area contributed by atoms with Crippen LogP contribution in [0.25, 0.3) is 11.0 Å². The molecule has 0 unspecified atom stereocenters. The molecule has 0 saturated heterocycles. The lowest BCUT2D eigenvalue weighted by molar-refractivity contribution is -0.136. The molecule has 0 aliphatic rings. The second-order valence-corrected chi connectivity index (χ2v) is 4.26. The number of hydrogen-bond acceptors (Lipinski definition) is 2. The van der Waals surface area contributed by atoms with Crippen molar-refractivity contribution in [2.75, 3.05) is 0 Å². The maximum absolute atomic E-state index is 13.7. The molecule has 0 saturated carbocycles. The average Bonchev–Trinajstić information content (AvgIpc) is 2.41. The monoisotopic (exact) mass is 286 g/mol. The highest BCUT2D eigenvalue weighted by Gasteiger charge is 2.18. The van der Waals surface area contributed by atoms with Gasteiger partial charge in [-0.25, -0.2) is 4.39 Å². The Kier molecular flexibility index (Phi) is 2.71. The van der Waals surface area contributed by atoms with Crippen LogP contribution in [0, 0.1) is 12.7 Å². The summed E-state index contributed by atoms with van der Waals surface area (Å²) in [6.45, 7) is 1.75. The predicted octanol–water partition coefficient (Wildman–Crippen LogP) is 3.27. The molecule has 0 radical (unpaired) electrons. The lowest BCUT2D eigenvalue weighted by Gasteiger charge is -1.97. The first kappa shape index (κ1) is 11.1. The minimum Gasteiger partial charge on any atom is -0.481 e. The molecule has 3 nitrogen and oxygen atoms in total. The SMILES string of the molecule is Cc1cc(F)c2c(CC(=O)O)c(Br)oc2c1. The van der Waals surface area contributed by atoms with Crippen LogP contribution in [0.2, 0.25) is 0 Å². The number of furan rings is 1. The zero-order valence-corrected chi connectivity index (χ0v) is 9.97. The molecular weight excluding hydrogens is 279 g/mol. The van der Waals surface area contributed by atoms with Crippen LogP contribution in [0.5, 0.6) is 0 Å². The van der Waals surface area contributed by atoms with Gasteiger partial charge in [0, 0.05) is 5.56 Å². The van der Waals surface area contributed by atoms with Crippen molar-refractivity contribution in [3.63, 3.8) is 0 Å². The Morgan fingerprint density at radius 1 is 1.56 bits per heavy atom. The van der Waals surface area contributed by atoms with E-state index in [0.717, 1.165) is 5.56 Å². The van der Waals surface area contributed by atoms with E-state index in [9.17, 15) is 9.18 Å². The van der Waals surface area contributed by atoms with Crippen molar-refractivity contribution in [2.45, 2.75) is 13.3 Å². The van der Waals surface area contributed by atoms with Gasteiger partial charge in [0.1, 0.15) is 11.4 Å². The van der Waals surface area contributed by atoms with Crippen LogP contribution in [0.3, 0.4) is 0 Å². The molecule has 0 amide bonds. The van der Waals surface area contributed by atoms with Crippen molar-refractivity contribution >= 4 is 32.9 Å². The minimum atomic E-state index is -1.02. The smallest absolute Gasteiger partial charge is 0.308 e. The van der Waals surface area contributed by atoms with Crippen LogP contribution in [-0.4, -0.2) is 11.1 Å². The van der Waals surface area contributed by atoms with Gasteiger partial charge in [0.25, 0.3) is 0 Å². The van der Waals surface area contributed by atoms with Crippen molar-refractivity contribution < 1.29 is 18.7 Å². The maximum atomic E-state index is 13.7. The van der Waals surface area contributed by atoms with Gasteiger partial charge in [-0.05, 0) is 40.5 Å². The number of aryl methyl sites for hydroxylation is 1. The standard InChI is InChI=1S/C11H8BrFO3/c1-5-2-7(13)10-6(4-9(14)15)11(12)16-8(10)3-5/h2-3H,4H2,1H3,(H,14,15). The van der Waals surface area contributed by atoms with Gasteiger partial charge in [0.15, 0.2) is 4.67 Å². The van der Waals surface area contributed by atoms with Gasteiger partial charge in [0.05, 0.1) is 11.8 Å². The Balaban J connectivity index is 2.73. The van der Waals surface area contributed by atoms with Crippen LogP contribution < -0.4 is 0 Å². The van der Waals surface area contributed by atoms with E-state index in [4.69, 9.17) is 9.52 Å². The fraction of sp³-hybridized carbons (Fsp3) is 0.182. The Morgan fingerprint density at radius 3 is 2.88 bits per heavy atom. The molecule has 2 aromatic rings. The number of hydrogen-bond donors (Lipinski definition) is 1. The third kappa shape index (κ3) is 1.82. The summed E-state index contributed by atoms with van der Waals surface area (Å²) < 4.78 is 19.2. The number of benzene rings is 1. The third-order valence-electron chi connectivity index (χ3n) is 2.26. The van der Waals surface area contributed by atoms with Crippen LogP contribution >= 0.6 is 15.9 Å². The second kappa shape index (κ2) is 3.90. The van der Waals surface area contributed by atoms with E-state index in [0.29, 0.717) is 11.1 Å². The molecule has 0 fully saturated rings. The summed E-state index contributed by atoms with van der Waals surface area (Å²) in [5.41, 5.74) is 1.42. The molecule has 0 aliphatic heterocycles. The Labute approximate surface area is 99.0 Å². The molecule has 0 spiro atoms. The van der Waals surface area contributed by atoms with Gasteiger partial charge in [-0.1, -0.05) is 0 Å². The van der Waals surface area contributed by atoms with Crippen molar-refractivity contribution in [2.24, 2.45) is 0 Å². The fourth-order valence-electron chi connectivity index (χ4n) is 1.65. The Hall–Kier alpha value is -1.36. The molecule has 16 heavy (non-hydrogen) atoms. The molecule has 84 valence electrons. The van der Waals surface area contributed by atoms with Crippen molar-refractivity contribution in [1.29, 1.82) is 0 Å². The summed E-state index contributed by atoms with van der Waals surface area (Å²) in [4.78, 5) is 10.7. The van der Waals surface area contributed by atoms with Gasteiger partial charge in [-0.15, -0.1) is 0 Å². The van der Waals surface area contributed by atoms with Gasteiger partial charge in [0.2, 0.25) is 0 Å². The van der Waals surface area contributed by atoms with E-state index >= 15 is 0 Å². The summed E-state index contributed by atoms with van der Waals surface area (Å²) in [6.07, 6.45) is -0.270. The summed E-state index contributed by atoms with van der Waals surface area (Å²) in [6, 6.07) is 3.03. The molecule has 1 heterocycles. The number of rotatable bonds is 2. The van der Waals surface area contributed by atoms with Crippen molar-refractivity contribution in [3.8, 4) is 0 Å². The second-order valence-electron chi connectivity index (χ2n) is 3.54. The highest BCUT2D eigenvalue weighted by molar-refractivity contribution is 9.10. The lowest BCUT2D eigenvalue weighted by atomic mass is 10.1. The molecule has 1 aromatic carbocycles. The average molecular weight is 287 g/mol. The van der Waals surface area contributed by atoms with Crippen LogP contribution in [0.1, 0.15) is 11.1 Å². The number of carbonyl (C=O) groups is 1. The van der Waals surface area contributed by atoms with Crippen molar-refractivity contribution in [1.82, 2.24) is 0 Å². The van der Waals surface area contributed by atoms with E-state index in [2.05, 4.69) is 15.9 Å². The zero-order valence-electron chi connectivity index (χ0n) is 8.38. The van der Waals surface area contributed by atoms with Crippen LogP contribution in [0.4, 0.5) is 4.39 Å². The zero-order chi connectivity index (χ0) is 11.9. The maximum Gasteiger partial charge on any atom is 0.308 e. The third-order valence-corrected chi connectivity index (χ3v) is 2.91. The predicted molar refractivity (Wildman–Crippen MR) is 59.9 cm³/mol. The summed E-state index contributed by atoms with van der Waals surface area (Å²) in [7, 11) is 0. The van der Waals surface area contributed by atoms with E-state index in [1.54, 1.807) is 13.0 Å². The fourth-order valence-corrected chi connectivity index (χ4v) is 2.16. The highest BCUT2D eigenvalue weighted by atomic mass is 79.9. The molecule has 0 atom stereocenters. The molecular formula is C11H8BrFO3. The molecule has 0 bridgehead atoms. The first-order valence-corrected chi connectivity index (χ1v) is 5.37. The highest BCUT2D eigenvalue weighted by Crippen LogP contribution is 2.33. The van der Waals surface area contributed by atoms with Gasteiger partial charge in [-0.3, -0.25) is 4.79 Å². The number of carboxylic acids is 1. The van der Waals surface area contributed by atoms with E-state index in [-0.39, 0.29) is 16.5 Å². The first-order valence-electron chi connectivity index (χ1n) is 4.58. The lowest BCUT2D eigenvalue weighted by Crippen LogP contribution is -2.00. The molecule has 2 rings (SSSR count). The number of carboxylic acid groups (broad SMARTS) is 1.